The SMILES string of the molecule is CCCCCCCCC1=C(O)C(C)(C(C)(C)C)C(S(=O)(=O)O)C(C(C)(C)C)=C1. The summed E-state index contributed by atoms with van der Waals surface area (Å²) in [7, 11) is -4.40. The Labute approximate surface area is 173 Å². The molecule has 0 saturated heterocycles. The van der Waals surface area contributed by atoms with Crippen molar-refractivity contribution in [2.75, 3.05) is 0 Å². The predicted octanol–water partition coefficient (Wildman–Crippen LogP) is 6.84. The molecule has 0 bridgehead atoms. The monoisotopic (exact) mass is 414 g/mol. The smallest absolute Gasteiger partial charge is 0.272 e. The Balaban J connectivity index is 3.39. The van der Waals surface area contributed by atoms with E-state index in [1.54, 1.807) is 6.92 Å². The highest BCUT2D eigenvalue weighted by molar-refractivity contribution is 7.86. The van der Waals surface area contributed by atoms with Gasteiger partial charge in [0, 0.05) is 0 Å². The summed E-state index contributed by atoms with van der Waals surface area (Å²) in [6.45, 7) is 15.6. The summed E-state index contributed by atoms with van der Waals surface area (Å²) in [5, 5.41) is 10.1. The molecule has 164 valence electrons. The molecule has 0 heterocycles. The van der Waals surface area contributed by atoms with Gasteiger partial charge in [-0.15, -0.1) is 0 Å². The second-order valence-corrected chi connectivity index (χ2v) is 12.1. The highest BCUT2D eigenvalue weighted by Crippen LogP contribution is 2.56. The Hall–Kier alpha value is -0.810. The first-order chi connectivity index (χ1) is 12.6. The van der Waals surface area contributed by atoms with Crippen molar-refractivity contribution in [3.63, 3.8) is 0 Å². The van der Waals surface area contributed by atoms with Gasteiger partial charge in [0.15, 0.2) is 0 Å². The molecule has 0 fully saturated rings. The van der Waals surface area contributed by atoms with Crippen LogP contribution in [0.1, 0.15) is 100 Å². The lowest BCUT2D eigenvalue weighted by Crippen LogP contribution is -2.53. The second-order valence-electron chi connectivity index (χ2n) is 10.6. The highest BCUT2D eigenvalue weighted by atomic mass is 32.2. The number of aliphatic hydroxyl groups is 1. The molecule has 1 rings (SSSR count). The number of aliphatic hydroxyl groups excluding tert-OH is 1. The van der Waals surface area contributed by atoms with Crippen LogP contribution >= 0.6 is 0 Å². The van der Waals surface area contributed by atoms with E-state index in [-0.39, 0.29) is 5.76 Å². The lowest BCUT2D eigenvalue weighted by molar-refractivity contribution is 0.0828. The van der Waals surface area contributed by atoms with Crippen LogP contribution in [0.25, 0.3) is 0 Å². The maximum atomic E-state index is 12.5. The number of hydrogen-bond donors (Lipinski definition) is 2. The van der Waals surface area contributed by atoms with Gasteiger partial charge in [-0.25, -0.2) is 0 Å². The van der Waals surface area contributed by atoms with Crippen molar-refractivity contribution in [3.05, 3.63) is 23.0 Å². The third-order valence-corrected chi connectivity index (χ3v) is 7.78. The molecule has 2 atom stereocenters. The molecule has 2 unspecified atom stereocenters. The Morgan fingerprint density at radius 2 is 1.50 bits per heavy atom. The summed E-state index contributed by atoms with van der Waals surface area (Å²) < 4.78 is 35.2. The van der Waals surface area contributed by atoms with Gasteiger partial charge in [0.1, 0.15) is 11.0 Å². The highest BCUT2D eigenvalue weighted by Gasteiger charge is 2.57. The third-order valence-electron chi connectivity index (χ3n) is 6.45. The van der Waals surface area contributed by atoms with Gasteiger partial charge < -0.3 is 5.11 Å². The fraction of sp³-hybridized carbons (Fsp3) is 0.826. The molecule has 1 aliphatic rings. The van der Waals surface area contributed by atoms with Gasteiger partial charge in [-0.3, -0.25) is 4.55 Å². The van der Waals surface area contributed by atoms with Gasteiger partial charge in [-0.2, -0.15) is 8.42 Å². The molecule has 0 radical (unpaired) electrons. The van der Waals surface area contributed by atoms with Crippen molar-refractivity contribution in [1.29, 1.82) is 0 Å². The predicted molar refractivity (Wildman–Crippen MR) is 118 cm³/mol. The molecule has 0 aromatic carbocycles. The first-order valence-electron chi connectivity index (χ1n) is 10.7. The van der Waals surface area contributed by atoms with Crippen LogP contribution in [0.4, 0.5) is 0 Å². The van der Waals surface area contributed by atoms with Gasteiger partial charge >= 0.3 is 0 Å². The van der Waals surface area contributed by atoms with Crippen LogP contribution in [-0.2, 0) is 10.1 Å². The lowest BCUT2D eigenvalue weighted by atomic mass is 9.58. The summed E-state index contributed by atoms with van der Waals surface area (Å²) in [5.41, 5.74) is -0.617. The molecule has 0 spiro atoms. The summed E-state index contributed by atoms with van der Waals surface area (Å²) in [4.78, 5) is 0. The van der Waals surface area contributed by atoms with Crippen LogP contribution in [0, 0.1) is 16.2 Å². The molecule has 0 aliphatic heterocycles. The Bertz CT molecular complexity index is 702. The molecule has 5 heteroatoms. The maximum Gasteiger partial charge on any atom is 0.272 e. The van der Waals surface area contributed by atoms with Gasteiger partial charge in [0.25, 0.3) is 10.1 Å². The first-order valence-corrected chi connectivity index (χ1v) is 12.2. The third kappa shape index (κ3) is 5.41. The fourth-order valence-electron chi connectivity index (χ4n) is 4.20. The topological polar surface area (TPSA) is 74.6 Å². The van der Waals surface area contributed by atoms with E-state index >= 15 is 0 Å². The summed E-state index contributed by atoms with van der Waals surface area (Å²) in [6, 6.07) is 0. The van der Waals surface area contributed by atoms with Crippen LogP contribution in [0.5, 0.6) is 0 Å². The molecular formula is C23H42O4S. The molecule has 1 aliphatic carbocycles. The average molecular weight is 415 g/mol. The van der Waals surface area contributed by atoms with E-state index in [0.717, 1.165) is 24.8 Å². The standard InChI is InChI=1S/C23H42O4S/c1-9-10-11-12-13-14-15-17-16-18(21(2,3)4)20(28(25,26)27)23(8,19(17)24)22(5,6)7/h16,20,24H,9-15H2,1-8H3,(H,25,26,27). The molecule has 4 nitrogen and oxygen atoms in total. The zero-order valence-electron chi connectivity index (χ0n) is 19.2. The van der Waals surface area contributed by atoms with Crippen molar-refractivity contribution < 1.29 is 18.1 Å². The number of rotatable bonds is 8. The van der Waals surface area contributed by atoms with E-state index < -0.39 is 31.6 Å². The molecule has 28 heavy (non-hydrogen) atoms. The van der Waals surface area contributed by atoms with Gasteiger partial charge in [0.2, 0.25) is 0 Å². The van der Waals surface area contributed by atoms with Crippen molar-refractivity contribution >= 4 is 10.1 Å². The van der Waals surface area contributed by atoms with E-state index in [1.165, 1.54) is 25.7 Å². The number of unbranched alkanes of at least 4 members (excludes halogenated alkanes) is 5. The van der Waals surface area contributed by atoms with Crippen LogP contribution in [0.15, 0.2) is 23.0 Å². The van der Waals surface area contributed by atoms with Crippen molar-refractivity contribution in [3.8, 4) is 0 Å². The maximum absolute atomic E-state index is 12.5. The van der Waals surface area contributed by atoms with E-state index in [0.29, 0.717) is 5.57 Å². The van der Waals surface area contributed by atoms with E-state index in [2.05, 4.69) is 6.92 Å². The number of allylic oxidation sites excluding steroid dienone is 3. The van der Waals surface area contributed by atoms with Gasteiger partial charge in [0.05, 0.1) is 5.41 Å². The molecule has 2 N–H and O–H groups in total. The summed E-state index contributed by atoms with van der Waals surface area (Å²) in [5.74, 6) is 0.115. The first kappa shape index (κ1) is 25.2. The molecular weight excluding hydrogens is 372 g/mol. The van der Waals surface area contributed by atoms with Crippen molar-refractivity contribution in [2.45, 2.75) is 106 Å². The Morgan fingerprint density at radius 3 is 1.93 bits per heavy atom. The van der Waals surface area contributed by atoms with E-state index in [9.17, 15) is 18.1 Å². The van der Waals surface area contributed by atoms with E-state index in [1.807, 2.05) is 47.6 Å². The summed E-state index contributed by atoms with van der Waals surface area (Å²) >= 11 is 0. The Morgan fingerprint density at radius 1 is 1.00 bits per heavy atom. The lowest BCUT2D eigenvalue weighted by Gasteiger charge is -2.50. The Kier molecular flexibility index (Phi) is 8.03. The minimum atomic E-state index is -4.40. The fourth-order valence-corrected chi connectivity index (χ4v) is 6.01. The minimum absolute atomic E-state index is 0.115. The quantitative estimate of drug-likeness (QED) is 0.336. The van der Waals surface area contributed by atoms with Gasteiger partial charge in [-0.1, -0.05) is 93.6 Å². The molecule has 0 aromatic rings. The van der Waals surface area contributed by atoms with Crippen molar-refractivity contribution in [1.82, 2.24) is 0 Å². The number of hydrogen-bond acceptors (Lipinski definition) is 3. The average Bonchev–Trinajstić information content (AvgIpc) is 2.50. The zero-order valence-corrected chi connectivity index (χ0v) is 20.0. The summed E-state index contributed by atoms with van der Waals surface area (Å²) in [6.07, 6.45) is 9.51. The van der Waals surface area contributed by atoms with Crippen LogP contribution in [0.2, 0.25) is 0 Å². The molecule has 0 aromatic heterocycles. The van der Waals surface area contributed by atoms with Crippen LogP contribution < -0.4 is 0 Å². The van der Waals surface area contributed by atoms with Crippen LogP contribution in [0.3, 0.4) is 0 Å². The molecule has 0 amide bonds. The molecule has 0 saturated carbocycles. The normalized spacial score (nSPS) is 24.5. The van der Waals surface area contributed by atoms with Gasteiger partial charge in [-0.05, 0) is 34.8 Å². The second kappa shape index (κ2) is 8.91. The largest absolute Gasteiger partial charge is 0.511 e. The van der Waals surface area contributed by atoms with Crippen molar-refractivity contribution in [2.24, 2.45) is 16.2 Å². The van der Waals surface area contributed by atoms with Crippen LogP contribution in [-0.4, -0.2) is 23.3 Å². The zero-order chi connectivity index (χ0) is 22.0. The minimum Gasteiger partial charge on any atom is -0.511 e. The van der Waals surface area contributed by atoms with E-state index in [4.69, 9.17) is 0 Å².